The third-order valence-electron chi connectivity index (χ3n) is 6.80. The molecule has 0 spiro atoms. The molecule has 5 heteroatoms. The van der Waals surface area contributed by atoms with Crippen molar-refractivity contribution < 1.29 is 26.1 Å². The van der Waals surface area contributed by atoms with Gasteiger partial charge >= 0.3 is 0 Å². The van der Waals surface area contributed by atoms with Crippen LogP contribution in [0.2, 0.25) is 0 Å². The van der Waals surface area contributed by atoms with Gasteiger partial charge in [0.1, 0.15) is 0 Å². The van der Waals surface area contributed by atoms with E-state index in [0.717, 1.165) is 19.1 Å². The smallest absolute Gasteiger partial charge is 0.0786 e. The number of ether oxygens (including phenoxy) is 1. The number of quaternary nitrogens is 2. The lowest BCUT2D eigenvalue weighted by molar-refractivity contribution is -0.897. The Hall–Kier alpha value is 0.460. The first-order valence-corrected chi connectivity index (χ1v) is 14.7. The highest BCUT2D eigenvalue weighted by Gasteiger charge is 2.26. The molecule has 0 aliphatic carbocycles. The fourth-order valence-electron chi connectivity index (χ4n) is 4.69. The first kappa shape index (κ1) is 41.6. The Morgan fingerprint density at radius 3 is 1.09 bits per heavy atom. The second-order valence-corrected chi connectivity index (χ2v) is 10.7. The molecule has 0 aromatic carbocycles. The summed E-state index contributed by atoms with van der Waals surface area (Å²) in [6, 6.07) is 0. The zero-order chi connectivity index (χ0) is 24.6. The minimum absolute atomic E-state index is 0. The predicted molar refractivity (Wildman–Crippen MR) is 154 cm³/mol. The van der Waals surface area contributed by atoms with Crippen molar-refractivity contribution in [3.63, 3.8) is 0 Å². The second-order valence-electron chi connectivity index (χ2n) is 10.2. The van der Waals surface area contributed by atoms with E-state index in [2.05, 4.69) is 27.9 Å². The number of unbranched alkanes of at least 4 members (excludes halogenated alkanes) is 6. The highest BCUT2D eigenvalue weighted by Crippen LogP contribution is 2.18. The van der Waals surface area contributed by atoms with Crippen molar-refractivity contribution in [2.45, 2.75) is 119 Å². The minimum atomic E-state index is 0. The van der Waals surface area contributed by atoms with Gasteiger partial charge < -0.3 is 26.1 Å². The molecule has 0 aromatic heterocycles. The van der Waals surface area contributed by atoms with Crippen LogP contribution < -0.4 is 12.4 Å². The van der Waals surface area contributed by atoms with Crippen LogP contribution in [0.15, 0.2) is 0 Å². The average molecular weight is 531 g/mol. The van der Waals surface area contributed by atoms with E-state index in [-0.39, 0.29) is 19.8 Å². The molecular weight excluding hydrogens is 463 g/mol. The number of rotatable bonds is 12. The summed E-state index contributed by atoms with van der Waals surface area (Å²) in [5.41, 5.74) is 0. The molecule has 0 atom stereocenters. The van der Waals surface area contributed by atoms with Crippen LogP contribution in [0.4, 0.5) is 0 Å². The monoisotopic (exact) mass is 529 g/mol. The Balaban J connectivity index is -0.000000194. The van der Waals surface area contributed by atoms with Gasteiger partial charge in [-0.25, -0.2) is 0 Å². The van der Waals surface area contributed by atoms with Crippen LogP contribution in [-0.4, -0.2) is 81.4 Å². The van der Waals surface area contributed by atoms with Crippen LogP contribution in [0.3, 0.4) is 0 Å². The molecule has 2 saturated heterocycles. The maximum atomic E-state index is 5.00. The van der Waals surface area contributed by atoms with Gasteiger partial charge in [0, 0.05) is 44.8 Å². The van der Waals surface area contributed by atoms with Gasteiger partial charge in [0.2, 0.25) is 0 Å². The molecule has 2 heterocycles. The molecule has 2 aliphatic heterocycles. The molecule has 0 bridgehead atoms. The lowest BCUT2D eigenvalue weighted by atomic mass is 10.2. The van der Waals surface area contributed by atoms with Gasteiger partial charge in [-0.05, 0) is 39.5 Å². The molecule has 2 rings (SSSR count). The largest absolute Gasteiger partial charge is 1.00 e. The Labute approximate surface area is 228 Å². The van der Waals surface area contributed by atoms with Crippen LogP contribution in [0.5, 0.6) is 0 Å². The normalized spacial score (nSPS) is 16.9. The number of nitrogens with zero attached hydrogens (tertiary/aromatic N) is 2. The van der Waals surface area contributed by atoms with E-state index in [0.29, 0.717) is 0 Å². The van der Waals surface area contributed by atoms with E-state index >= 15 is 0 Å². The molecule has 0 amide bonds. The zero-order valence-electron chi connectivity index (χ0n) is 23.9. The van der Waals surface area contributed by atoms with Crippen molar-refractivity contribution in [1.29, 1.82) is 0 Å². The zero-order valence-corrected chi connectivity index (χ0v) is 25.4. The van der Waals surface area contributed by atoms with E-state index < -0.39 is 0 Å². The molecule has 212 valence electrons. The molecule has 0 N–H and O–H groups in total. The summed E-state index contributed by atoms with van der Waals surface area (Å²) >= 11 is 5.00. The van der Waals surface area contributed by atoms with Crippen LogP contribution in [0.1, 0.15) is 119 Å². The summed E-state index contributed by atoms with van der Waals surface area (Å²) in [7, 11) is 4.86. The predicted octanol–water partition coefficient (Wildman–Crippen LogP) is 5.54. The number of halogens is 2. The Morgan fingerprint density at radius 2 is 0.882 bits per heavy atom. The molecule has 0 aromatic rings. The van der Waals surface area contributed by atoms with Gasteiger partial charge in [-0.2, -0.15) is 0 Å². The van der Waals surface area contributed by atoms with Crippen LogP contribution in [0, 0.1) is 0 Å². The van der Waals surface area contributed by atoms with Crippen LogP contribution in [0.25, 0.3) is 0 Å². The first-order valence-electron chi connectivity index (χ1n) is 14.2. The lowest BCUT2D eigenvalue weighted by Crippen LogP contribution is -3.00. The van der Waals surface area contributed by atoms with Gasteiger partial charge in [0.25, 0.3) is 0 Å². The standard InChI is InChI=1S/2C11H24N.C4H10O.C2H5Cl.CH4.ClH/c2*1-3-4-5-6-9-12(2)10-7-8-11-12;1-3-5-4-2;1-2-3;;/h2*3-11H2,1-2H3;3-4H2,1-2H3;2H2,1H3;1H4;1H/q2*+1;;;;/p-1. The summed E-state index contributed by atoms with van der Waals surface area (Å²) in [6.45, 7) is 20.7. The summed E-state index contributed by atoms with van der Waals surface area (Å²) < 4.78 is 7.56. The average Bonchev–Trinajstić information content (AvgIpc) is 3.40. The third-order valence-corrected chi connectivity index (χ3v) is 6.80. The number of alkyl halides is 1. The summed E-state index contributed by atoms with van der Waals surface area (Å²) in [4.78, 5) is 0. The minimum Gasteiger partial charge on any atom is -1.00 e. The molecule has 34 heavy (non-hydrogen) atoms. The highest BCUT2D eigenvalue weighted by molar-refractivity contribution is 6.17. The van der Waals surface area contributed by atoms with E-state index in [1.165, 1.54) is 125 Å². The molecule has 3 nitrogen and oxygen atoms in total. The van der Waals surface area contributed by atoms with E-state index in [9.17, 15) is 0 Å². The van der Waals surface area contributed by atoms with Crippen LogP contribution in [-0.2, 0) is 4.74 Å². The summed E-state index contributed by atoms with van der Waals surface area (Å²) in [5.74, 6) is 0.722. The van der Waals surface area contributed by atoms with Crippen molar-refractivity contribution in [3.05, 3.63) is 0 Å². The van der Waals surface area contributed by atoms with Crippen molar-refractivity contribution in [2.24, 2.45) is 0 Å². The van der Waals surface area contributed by atoms with Crippen molar-refractivity contribution in [1.82, 2.24) is 0 Å². The summed E-state index contributed by atoms with van der Waals surface area (Å²) in [6.07, 6.45) is 17.2. The maximum Gasteiger partial charge on any atom is 0.0786 e. The summed E-state index contributed by atoms with van der Waals surface area (Å²) in [5, 5.41) is 0. The Morgan fingerprint density at radius 1 is 0.588 bits per heavy atom. The topological polar surface area (TPSA) is 9.23 Å². The quantitative estimate of drug-likeness (QED) is 0.183. The SMILES string of the molecule is C.CCCCCC[N+]1(C)CCCC1.CCCCCC[N+]1(C)CCCC1.CCCl.CCOCC.[Cl-]. The van der Waals surface area contributed by atoms with Crippen molar-refractivity contribution in [2.75, 3.05) is 72.5 Å². The fraction of sp³-hybridized carbons (Fsp3) is 1.00. The second kappa shape index (κ2) is 29.7. The first-order chi connectivity index (χ1) is 15.4. The van der Waals surface area contributed by atoms with Crippen molar-refractivity contribution >= 4 is 11.6 Å². The Kier molecular flexibility index (Phi) is 36.3. The van der Waals surface area contributed by atoms with Gasteiger partial charge in [-0.15, -0.1) is 11.6 Å². The molecule has 2 aliphatic rings. The van der Waals surface area contributed by atoms with E-state index in [1.54, 1.807) is 0 Å². The molecular formula is C29H67Cl2N2O+. The third kappa shape index (κ3) is 27.1. The lowest BCUT2D eigenvalue weighted by Gasteiger charge is -2.29. The molecule has 0 unspecified atom stereocenters. The van der Waals surface area contributed by atoms with E-state index in [1.807, 2.05) is 20.8 Å². The fourth-order valence-corrected chi connectivity index (χ4v) is 4.69. The molecule has 0 saturated carbocycles. The number of likely N-dealkylation sites (tertiary alicyclic amines) is 2. The van der Waals surface area contributed by atoms with Crippen LogP contribution >= 0.6 is 11.6 Å². The van der Waals surface area contributed by atoms with E-state index in [4.69, 9.17) is 16.3 Å². The molecule has 2 fully saturated rings. The van der Waals surface area contributed by atoms with Gasteiger partial charge in [-0.3, -0.25) is 0 Å². The highest BCUT2D eigenvalue weighted by atomic mass is 35.5. The van der Waals surface area contributed by atoms with Crippen molar-refractivity contribution in [3.8, 4) is 0 Å². The maximum absolute atomic E-state index is 5.00. The number of hydrogen-bond donors (Lipinski definition) is 0. The number of hydrogen-bond acceptors (Lipinski definition) is 1. The molecule has 0 radical (unpaired) electrons. The van der Waals surface area contributed by atoms with Gasteiger partial charge in [0.05, 0.1) is 53.4 Å². The Bertz CT molecular complexity index is 326. The van der Waals surface area contributed by atoms with Gasteiger partial charge in [-0.1, -0.05) is 53.9 Å². The van der Waals surface area contributed by atoms with Gasteiger partial charge in [0.15, 0.2) is 0 Å².